The smallest absolute Gasteiger partial charge is 0.337 e. The molecule has 0 bridgehead atoms. The fourth-order valence-corrected chi connectivity index (χ4v) is 4.50. The highest BCUT2D eigenvalue weighted by Crippen LogP contribution is 2.24. The van der Waals surface area contributed by atoms with Gasteiger partial charge in [-0.05, 0) is 42.5 Å². The van der Waals surface area contributed by atoms with Crippen molar-refractivity contribution in [2.45, 2.75) is 4.90 Å². The molecule has 0 aliphatic carbocycles. The standard InChI is InChI=1S/C18H13FN2O5S2/c19-11-5-7-12(8-6-11)21-28(25,26)13-9-16(27-10-13)17(22)20-15-4-2-1-3-14(15)18(23)24/h1-10,21H,(H,20,22)(H,23,24). The Morgan fingerprint density at radius 3 is 2.39 bits per heavy atom. The average molecular weight is 420 g/mol. The number of halogens is 1. The number of amides is 1. The Balaban J connectivity index is 1.78. The average Bonchev–Trinajstić information content (AvgIpc) is 3.15. The first kappa shape index (κ1) is 19.5. The second-order valence-electron chi connectivity index (χ2n) is 5.56. The Labute approximate surface area is 163 Å². The number of carboxylic acids is 1. The Bertz CT molecular complexity index is 1140. The summed E-state index contributed by atoms with van der Waals surface area (Å²) in [6.07, 6.45) is 0. The first-order valence-electron chi connectivity index (χ1n) is 7.77. The van der Waals surface area contributed by atoms with E-state index in [-0.39, 0.29) is 26.7 Å². The molecular formula is C18H13FN2O5S2. The molecule has 2 aromatic carbocycles. The van der Waals surface area contributed by atoms with Gasteiger partial charge in [0.1, 0.15) is 5.82 Å². The molecule has 1 aromatic heterocycles. The van der Waals surface area contributed by atoms with Crippen LogP contribution in [0.15, 0.2) is 64.9 Å². The van der Waals surface area contributed by atoms with Crippen LogP contribution in [0.25, 0.3) is 0 Å². The maximum Gasteiger partial charge on any atom is 0.337 e. The van der Waals surface area contributed by atoms with Crippen molar-refractivity contribution in [3.63, 3.8) is 0 Å². The second-order valence-corrected chi connectivity index (χ2v) is 8.16. The molecule has 3 rings (SSSR count). The number of carboxylic acid groups (broad SMARTS) is 1. The number of hydrogen-bond donors (Lipinski definition) is 3. The minimum atomic E-state index is -3.97. The van der Waals surface area contributed by atoms with Crippen molar-refractivity contribution in [3.8, 4) is 0 Å². The minimum Gasteiger partial charge on any atom is -0.478 e. The van der Waals surface area contributed by atoms with Gasteiger partial charge in [-0.2, -0.15) is 0 Å². The molecule has 3 aromatic rings. The number of aromatic carboxylic acids is 1. The quantitative estimate of drug-likeness (QED) is 0.564. The summed E-state index contributed by atoms with van der Waals surface area (Å²) in [5, 5.41) is 12.9. The lowest BCUT2D eigenvalue weighted by Crippen LogP contribution is -2.14. The molecule has 144 valence electrons. The van der Waals surface area contributed by atoms with E-state index in [1.165, 1.54) is 41.8 Å². The number of nitrogens with one attached hydrogen (secondary N) is 2. The zero-order valence-electron chi connectivity index (χ0n) is 14.0. The molecule has 3 N–H and O–H groups in total. The summed E-state index contributed by atoms with van der Waals surface area (Å²) in [6.45, 7) is 0. The Morgan fingerprint density at radius 2 is 1.71 bits per heavy atom. The van der Waals surface area contributed by atoms with Gasteiger partial charge in [0, 0.05) is 11.1 Å². The van der Waals surface area contributed by atoms with E-state index in [4.69, 9.17) is 5.11 Å². The van der Waals surface area contributed by atoms with Gasteiger partial charge in [0.25, 0.3) is 15.9 Å². The van der Waals surface area contributed by atoms with Gasteiger partial charge in [-0.1, -0.05) is 12.1 Å². The predicted octanol–water partition coefficient (Wildman–Crippen LogP) is 3.64. The highest BCUT2D eigenvalue weighted by atomic mass is 32.2. The molecule has 0 fully saturated rings. The van der Waals surface area contributed by atoms with Crippen LogP contribution in [-0.4, -0.2) is 25.4 Å². The van der Waals surface area contributed by atoms with Gasteiger partial charge in [0.15, 0.2) is 0 Å². The molecule has 0 unspecified atom stereocenters. The third-order valence-corrected chi connectivity index (χ3v) is 6.05. The lowest BCUT2D eigenvalue weighted by molar-refractivity contribution is 0.0698. The highest BCUT2D eigenvalue weighted by molar-refractivity contribution is 7.92. The number of sulfonamides is 1. The molecule has 0 aliphatic heterocycles. The monoisotopic (exact) mass is 420 g/mol. The van der Waals surface area contributed by atoms with Crippen LogP contribution < -0.4 is 10.0 Å². The zero-order valence-corrected chi connectivity index (χ0v) is 15.7. The third kappa shape index (κ3) is 4.35. The fraction of sp³-hybridized carbons (Fsp3) is 0. The number of benzene rings is 2. The van der Waals surface area contributed by atoms with Gasteiger partial charge in [-0.15, -0.1) is 11.3 Å². The largest absolute Gasteiger partial charge is 0.478 e. The van der Waals surface area contributed by atoms with E-state index in [0.29, 0.717) is 0 Å². The summed E-state index contributed by atoms with van der Waals surface area (Å²) in [5.41, 5.74) is 0.189. The Hall–Kier alpha value is -3.24. The molecule has 0 saturated heterocycles. The van der Waals surface area contributed by atoms with E-state index in [2.05, 4.69) is 10.0 Å². The second kappa shape index (κ2) is 7.79. The molecule has 1 heterocycles. The van der Waals surface area contributed by atoms with Crippen molar-refractivity contribution < 1.29 is 27.5 Å². The van der Waals surface area contributed by atoms with Crippen LogP contribution in [0.1, 0.15) is 20.0 Å². The van der Waals surface area contributed by atoms with Crippen molar-refractivity contribution in [2.24, 2.45) is 0 Å². The lowest BCUT2D eigenvalue weighted by Gasteiger charge is -2.07. The summed E-state index contributed by atoms with van der Waals surface area (Å²) in [6, 6.07) is 11.8. The number of hydrogen-bond acceptors (Lipinski definition) is 5. The Morgan fingerprint density at radius 1 is 1.04 bits per heavy atom. The number of carbonyl (C=O) groups is 2. The van der Waals surface area contributed by atoms with Gasteiger partial charge < -0.3 is 10.4 Å². The van der Waals surface area contributed by atoms with Crippen molar-refractivity contribution >= 4 is 44.6 Å². The predicted molar refractivity (Wildman–Crippen MR) is 103 cm³/mol. The molecule has 0 atom stereocenters. The van der Waals surface area contributed by atoms with Crippen LogP contribution in [0, 0.1) is 5.82 Å². The molecular weight excluding hydrogens is 407 g/mol. The van der Waals surface area contributed by atoms with Gasteiger partial charge in [0.2, 0.25) is 0 Å². The maximum atomic E-state index is 12.9. The van der Waals surface area contributed by atoms with Gasteiger partial charge in [0.05, 0.1) is 21.0 Å². The topological polar surface area (TPSA) is 113 Å². The number of rotatable bonds is 6. The van der Waals surface area contributed by atoms with Gasteiger partial charge in [-0.3, -0.25) is 9.52 Å². The van der Waals surface area contributed by atoms with E-state index in [1.807, 2.05) is 0 Å². The van der Waals surface area contributed by atoms with Crippen LogP contribution in [0.4, 0.5) is 15.8 Å². The summed E-state index contributed by atoms with van der Waals surface area (Å²) >= 11 is 0.892. The number of thiophene rings is 1. The van der Waals surface area contributed by atoms with Crippen LogP contribution in [0.2, 0.25) is 0 Å². The minimum absolute atomic E-state index is 0.0830. The Kier molecular flexibility index (Phi) is 5.43. The van der Waals surface area contributed by atoms with Crippen molar-refractivity contribution in [2.75, 3.05) is 10.0 Å². The highest BCUT2D eigenvalue weighted by Gasteiger charge is 2.20. The van der Waals surface area contributed by atoms with Crippen LogP contribution in [0.5, 0.6) is 0 Å². The number of para-hydroxylation sites is 1. The summed E-state index contributed by atoms with van der Waals surface area (Å²) in [5.74, 6) is -2.34. The van der Waals surface area contributed by atoms with Crippen LogP contribution in [0.3, 0.4) is 0 Å². The van der Waals surface area contributed by atoms with Crippen LogP contribution >= 0.6 is 11.3 Å². The van der Waals surface area contributed by atoms with E-state index in [9.17, 15) is 22.4 Å². The molecule has 0 saturated carbocycles. The van der Waals surface area contributed by atoms with Crippen molar-refractivity contribution in [1.29, 1.82) is 0 Å². The van der Waals surface area contributed by atoms with Gasteiger partial charge in [-0.25, -0.2) is 17.6 Å². The molecule has 0 aliphatic rings. The van der Waals surface area contributed by atoms with Crippen LogP contribution in [-0.2, 0) is 10.0 Å². The van der Waals surface area contributed by atoms with E-state index < -0.39 is 27.7 Å². The third-order valence-electron chi connectivity index (χ3n) is 3.61. The maximum absolute atomic E-state index is 12.9. The zero-order chi connectivity index (χ0) is 20.3. The molecule has 7 nitrogen and oxygen atoms in total. The van der Waals surface area contributed by atoms with Crippen molar-refractivity contribution in [1.82, 2.24) is 0 Å². The van der Waals surface area contributed by atoms with E-state index in [0.717, 1.165) is 23.5 Å². The fourth-order valence-electron chi connectivity index (χ4n) is 2.27. The normalized spacial score (nSPS) is 11.0. The summed E-state index contributed by atoms with van der Waals surface area (Å²) < 4.78 is 40.1. The summed E-state index contributed by atoms with van der Waals surface area (Å²) in [4.78, 5) is 23.5. The van der Waals surface area contributed by atoms with Crippen molar-refractivity contribution in [3.05, 3.63) is 76.2 Å². The molecule has 0 radical (unpaired) electrons. The number of carbonyl (C=O) groups excluding carboxylic acids is 1. The lowest BCUT2D eigenvalue weighted by atomic mass is 10.2. The SMILES string of the molecule is O=C(Nc1ccccc1C(=O)O)c1cc(S(=O)(=O)Nc2ccc(F)cc2)cs1. The molecule has 1 amide bonds. The van der Waals surface area contributed by atoms with E-state index in [1.54, 1.807) is 6.07 Å². The van der Waals surface area contributed by atoms with E-state index >= 15 is 0 Å². The molecule has 0 spiro atoms. The van der Waals surface area contributed by atoms with Gasteiger partial charge >= 0.3 is 5.97 Å². The molecule has 10 heteroatoms. The summed E-state index contributed by atoms with van der Waals surface area (Å²) in [7, 11) is -3.97. The molecule has 28 heavy (non-hydrogen) atoms. The first-order chi connectivity index (χ1) is 13.3. The number of anilines is 2. The first-order valence-corrected chi connectivity index (χ1v) is 10.1.